The predicted octanol–water partition coefficient (Wildman–Crippen LogP) is 2.36. The number of benzene rings is 1. The van der Waals surface area contributed by atoms with E-state index < -0.39 is 26.6 Å². The van der Waals surface area contributed by atoms with Crippen LogP contribution in [0.1, 0.15) is 26.7 Å². The number of sulfonamides is 1. The van der Waals surface area contributed by atoms with Crippen LogP contribution in [0.15, 0.2) is 17.0 Å². The summed E-state index contributed by atoms with van der Waals surface area (Å²) in [6, 6.07) is 1.65. The summed E-state index contributed by atoms with van der Waals surface area (Å²) in [5.74, 6) is -2.29. The molecule has 1 aromatic carbocycles. The number of hydrogen-bond acceptors (Lipinski definition) is 3. The maximum atomic E-state index is 13.8. The Kier molecular flexibility index (Phi) is 3.77. The number of nitrogen functional groups attached to an aromatic ring is 1. The second-order valence-electron chi connectivity index (χ2n) is 5.88. The molecule has 7 heteroatoms. The number of piperidine rings is 1. The zero-order valence-electron chi connectivity index (χ0n) is 11.5. The van der Waals surface area contributed by atoms with Crippen LogP contribution in [0.5, 0.6) is 0 Å². The summed E-state index contributed by atoms with van der Waals surface area (Å²) in [6.07, 6.45) is 1.31. The fourth-order valence-electron chi connectivity index (χ4n) is 2.29. The molecule has 0 bridgehead atoms. The first kappa shape index (κ1) is 15.2. The van der Waals surface area contributed by atoms with Gasteiger partial charge in [0.2, 0.25) is 10.0 Å². The van der Waals surface area contributed by atoms with Crippen molar-refractivity contribution in [1.29, 1.82) is 0 Å². The molecule has 1 fully saturated rings. The van der Waals surface area contributed by atoms with Crippen LogP contribution in [0.25, 0.3) is 0 Å². The Morgan fingerprint density at radius 2 is 1.60 bits per heavy atom. The molecule has 0 radical (unpaired) electrons. The van der Waals surface area contributed by atoms with Crippen molar-refractivity contribution in [2.24, 2.45) is 5.41 Å². The van der Waals surface area contributed by atoms with Crippen molar-refractivity contribution in [3.8, 4) is 0 Å². The van der Waals surface area contributed by atoms with Gasteiger partial charge in [0.25, 0.3) is 0 Å². The van der Waals surface area contributed by atoms with Crippen LogP contribution in [-0.4, -0.2) is 25.8 Å². The van der Waals surface area contributed by atoms with Gasteiger partial charge in [0, 0.05) is 18.8 Å². The molecule has 0 unspecified atom stereocenters. The Hall–Kier alpha value is -1.21. The molecule has 0 atom stereocenters. The summed E-state index contributed by atoms with van der Waals surface area (Å²) in [5.41, 5.74) is 5.20. The summed E-state index contributed by atoms with van der Waals surface area (Å²) in [6.45, 7) is 4.61. The number of hydrogen-bond donors (Lipinski definition) is 1. The molecule has 2 N–H and O–H groups in total. The normalized spacial score (nSPS) is 20.0. The fourth-order valence-corrected chi connectivity index (χ4v) is 3.82. The van der Waals surface area contributed by atoms with Crippen LogP contribution in [-0.2, 0) is 10.0 Å². The molecule has 0 saturated carbocycles. The SMILES string of the molecule is CC1(C)CCN(S(=O)(=O)c2c(F)cc(N)cc2F)CC1. The summed E-state index contributed by atoms with van der Waals surface area (Å²) >= 11 is 0. The first-order valence-electron chi connectivity index (χ1n) is 6.38. The molecular formula is C13H18F2N2O2S. The average Bonchev–Trinajstić information content (AvgIpc) is 2.26. The third-order valence-electron chi connectivity index (χ3n) is 3.69. The van der Waals surface area contributed by atoms with Gasteiger partial charge in [0.15, 0.2) is 4.90 Å². The van der Waals surface area contributed by atoms with Crippen LogP contribution < -0.4 is 5.73 Å². The van der Waals surface area contributed by atoms with Crippen LogP contribution in [0, 0.1) is 17.0 Å². The fraction of sp³-hybridized carbons (Fsp3) is 0.538. The van der Waals surface area contributed by atoms with Gasteiger partial charge in [-0.3, -0.25) is 0 Å². The Morgan fingerprint density at radius 1 is 1.15 bits per heavy atom. The maximum Gasteiger partial charge on any atom is 0.248 e. The molecule has 0 aromatic heterocycles. The van der Waals surface area contributed by atoms with Crippen molar-refractivity contribution in [1.82, 2.24) is 4.31 Å². The first-order valence-corrected chi connectivity index (χ1v) is 7.82. The van der Waals surface area contributed by atoms with E-state index in [2.05, 4.69) is 0 Å². The minimum Gasteiger partial charge on any atom is -0.399 e. The monoisotopic (exact) mass is 304 g/mol. The topological polar surface area (TPSA) is 63.4 Å². The highest BCUT2D eigenvalue weighted by molar-refractivity contribution is 7.89. The number of anilines is 1. The van der Waals surface area contributed by atoms with E-state index >= 15 is 0 Å². The first-order chi connectivity index (χ1) is 9.13. The van der Waals surface area contributed by atoms with Crippen molar-refractivity contribution in [3.63, 3.8) is 0 Å². The number of nitrogens with two attached hydrogens (primary N) is 1. The molecule has 1 heterocycles. The lowest BCUT2D eigenvalue weighted by atomic mass is 9.83. The molecule has 1 aliphatic rings. The summed E-state index contributed by atoms with van der Waals surface area (Å²) in [5, 5.41) is 0. The molecule has 2 rings (SSSR count). The molecule has 4 nitrogen and oxygen atoms in total. The second kappa shape index (κ2) is 4.96. The van der Waals surface area contributed by atoms with Crippen molar-refractivity contribution in [2.75, 3.05) is 18.8 Å². The average molecular weight is 304 g/mol. The Morgan fingerprint density at radius 3 is 2.05 bits per heavy atom. The van der Waals surface area contributed by atoms with Crippen molar-refractivity contribution in [3.05, 3.63) is 23.8 Å². The summed E-state index contributed by atoms with van der Waals surface area (Å²) < 4.78 is 53.4. The van der Waals surface area contributed by atoms with E-state index in [1.54, 1.807) is 0 Å². The van der Waals surface area contributed by atoms with E-state index in [1.165, 1.54) is 0 Å². The number of rotatable bonds is 2. The third kappa shape index (κ3) is 2.78. The van der Waals surface area contributed by atoms with E-state index in [0.29, 0.717) is 12.8 Å². The van der Waals surface area contributed by atoms with Gasteiger partial charge in [-0.25, -0.2) is 17.2 Å². The van der Waals surface area contributed by atoms with Crippen LogP contribution in [0.3, 0.4) is 0 Å². The van der Waals surface area contributed by atoms with Gasteiger partial charge in [-0.05, 0) is 30.4 Å². The maximum absolute atomic E-state index is 13.8. The lowest BCUT2D eigenvalue weighted by Crippen LogP contribution is -2.41. The molecule has 20 heavy (non-hydrogen) atoms. The minimum absolute atomic E-state index is 0.0459. The van der Waals surface area contributed by atoms with Crippen molar-refractivity contribution < 1.29 is 17.2 Å². The van der Waals surface area contributed by atoms with Gasteiger partial charge in [0.05, 0.1) is 0 Å². The van der Waals surface area contributed by atoms with Crippen molar-refractivity contribution in [2.45, 2.75) is 31.6 Å². The molecule has 0 amide bonds. The van der Waals surface area contributed by atoms with Crippen LogP contribution >= 0.6 is 0 Å². The molecule has 0 aliphatic carbocycles. The largest absolute Gasteiger partial charge is 0.399 e. The smallest absolute Gasteiger partial charge is 0.248 e. The lowest BCUT2D eigenvalue weighted by molar-refractivity contribution is 0.195. The van der Waals surface area contributed by atoms with Crippen molar-refractivity contribution >= 4 is 15.7 Å². The molecule has 1 aliphatic heterocycles. The molecular weight excluding hydrogens is 286 g/mol. The van der Waals surface area contributed by atoms with Gasteiger partial charge in [-0.2, -0.15) is 4.31 Å². The third-order valence-corrected chi connectivity index (χ3v) is 5.65. The van der Waals surface area contributed by atoms with E-state index in [1.807, 2.05) is 13.8 Å². The lowest BCUT2D eigenvalue weighted by Gasteiger charge is -2.36. The van der Waals surface area contributed by atoms with Gasteiger partial charge in [0.1, 0.15) is 11.6 Å². The van der Waals surface area contributed by atoms with E-state index in [0.717, 1.165) is 16.4 Å². The highest BCUT2D eigenvalue weighted by Gasteiger charge is 2.36. The van der Waals surface area contributed by atoms with Gasteiger partial charge < -0.3 is 5.73 Å². The number of nitrogens with zero attached hydrogens (tertiary/aromatic N) is 1. The minimum atomic E-state index is -4.16. The van der Waals surface area contributed by atoms with E-state index in [9.17, 15) is 17.2 Å². The Bertz CT molecular complexity index is 596. The molecule has 0 spiro atoms. The van der Waals surface area contributed by atoms with Gasteiger partial charge in [-0.1, -0.05) is 13.8 Å². The Labute approximate surface area is 117 Å². The highest BCUT2D eigenvalue weighted by atomic mass is 32.2. The van der Waals surface area contributed by atoms with E-state index in [4.69, 9.17) is 5.73 Å². The zero-order chi connectivity index (χ0) is 15.1. The standard InChI is InChI=1S/C13H18F2N2O2S/c1-13(2)3-5-17(6-4-13)20(18,19)12-10(14)7-9(16)8-11(12)15/h7-8H,3-6,16H2,1-2H3. The molecule has 1 saturated heterocycles. The van der Waals surface area contributed by atoms with Crippen LogP contribution in [0.2, 0.25) is 0 Å². The summed E-state index contributed by atoms with van der Waals surface area (Å²) in [7, 11) is -4.16. The van der Waals surface area contributed by atoms with Crippen LogP contribution in [0.4, 0.5) is 14.5 Å². The second-order valence-corrected chi connectivity index (χ2v) is 7.76. The van der Waals surface area contributed by atoms with E-state index in [-0.39, 0.29) is 24.2 Å². The van der Waals surface area contributed by atoms with Gasteiger partial charge in [-0.15, -0.1) is 0 Å². The molecule has 112 valence electrons. The zero-order valence-corrected chi connectivity index (χ0v) is 12.3. The highest BCUT2D eigenvalue weighted by Crippen LogP contribution is 2.33. The predicted molar refractivity (Wildman–Crippen MR) is 72.5 cm³/mol. The summed E-state index contributed by atoms with van der Waals surface area (Å²) in [4.78, 5) is -0.911. The molecule has 1 aromatic rings. The quantitative estimate of drug-likeness (QED) is 0.853. The van der Waals surface area contributed by atoms with Gasteiger partial charge >= 0.3 is 0 Å². The Balaban J connectivity index is 2.37. The number of halogens is 2.